The van der Waals surface area contributed by atoms with E-state index in [1.807, 2.05) is 44.2 Å². The minimum absolute atomic E-state index is 0.0481. The Kier molecular flexibility index (Phi) is 5.41. The third kappa shape index (κ3) is 4.13. The van der Waals surface area contributed by atoms with Crippen LogP contribution in [0.5, 0.6) is 11.5 Å². The summed E-state index contributed by atoms with van der Waals surface area (Å²) in [5.41, 5.74) is 3.71. The number of benzene rings is 2. The van der Waals surface area contributed by atoms with Crippen LogP contribution in [0.15, 0.2) is 48.7 Å². The number of carbonyl (C=O) groups excluding carboxylic acids is 1. The summed E-state index contributed by atoms with van der Waals surface area (Å²) >= 11 is 0. The largest absolute Gasteiger partial charge is 0.497 e. The molecule has 0 spiro atoms. The predicted octanol–water partition coefficient (Wildman–Crippen LogP) is 4.13. The fraction of sp³-hybridized carbons (Fsp3) is 0.211. The summed E-state index contributed by atoms with van der Waals surface area (Å²) < 4.78 is 10.5. The van der Waals surface area contributed by atoms with Gasteiger partial charge in [-0.25, -0.2) is 0 Å². The van der Waals surface area contributed by atoms with Crippen LogP contribution >= 0.6 is 0 Å². The molecule has 0 unspecified atom stereocenters. The van der Waals surface area contributed by atoms with Crippen LogP contribution in [0.4, 0.5) is 5.69 Å². The molecular weight excluding hydrogens is 290 g/mol. The van der Waals surface area contributed by atoms with Gasteiger partial charge >= 0.3 is 0 Å². The van der Waals surface area contributed by atoms with Crippen LogP contribution in [0.2, 0.25) is 0 Å². The maximum atomic E-state index is 12.2. The molecule has 0 aliphatic carbocycles. The minimum atomic E-state index is -0.0481. The zero-order valence-corrected chi connectivity index (χ0v) is 13.8. The lowest BCUT2D eigenvalue weighted by atomic mass is 10.0. The summed E-state index contributed by atoms with van der Waals surface area (Å²) in [4.78, 5) is 12.2. The van der Waals surface area contributed by atoms with Crippen molar-refractivity contribution >= 4 is 11.5 Å². The third-order valence-corrected chi connectivity index (χ3v) is 3.67. The van der Waals surface area contributed by atoms with Crippen LogP contribution in [-0.2, 0) is 0 Å². The molecule has 4 nitrogen and oxygen atoms in total. The van der Waals surface area contributed by atoms with Crippen LogP contribution in [0.25, 0.3) is 0 Å². The molecule has 0 saturated carbocycles. The number of anilines is 1. The summed E-state index contributed by atoms with van der Waals surface area (Å²) in [6, 6.07) is 11.1. The van der Waals surface area contributed by atoms with Crippen molar-refractivity contribution in [2.75, 3.05) is 19.5 Å². The molecule has 23 heavy (non-hydrogen) atoms. The summed E-state index contributed by atoms with van der Waals surface area (Å²) in [6.45, 7) is 4.02. The molecular formula is C19H21NO3. The topological polar surface area (TPSA) is 47.6 Å². The van der Waals surface area contributed by atoms with E-state index in [-0.39, 0.29) is 5.78 Å². The van der Waals surface area contributed by atoms with Crippen LogP contribution in [0.1, 0.15) is 21.5 Å². The van der Waals surface area contributed by atoms with Gasteiger partial charge < -0.3 is 14.8 Å². The SMILES string of the molecule is COc1ccc(N/C=C/C(=O)c2ccc(C)c(C)c2)c(OC)c1. The molecule has 0 aliphatic heterocycles. The molecule has 2 aromatic rings. The standard InChI is InChI=1S/C19H21NO3/c1-13-5-6-15(11-14(13)2)18(21)9-10-20-17-8-7-16(22-3)12-19(17)23-4/h5-12,20H,1-4H3/b10-9+. The second-order valence-corrected chi connectivity index (χ2v) is 5.21. The highest BCUT2D eigenvalue weighted by Gasteiger charge is 2.05. The van der Waals surface area contributed by atoms with Crippen molar-refractivity contribution in [1.82, 2.24) is 0 Å². The Bertz CT molecular complexity index is 735. The van der Waals surface area contributed by atoms with E-state index in [1.165, 1.54) is 11.6 Å². The first-order chi connectivity index (χ1) is 11.0. The number of carbonyl (C=O) groups is 1. The number of hydrogen-bond acceptors (Lipinski definition) is 4. The number of hydrogen-bond donors (Lipinski definition) is 1. The molecule has 2 rings (SSSR count). The van der Waals surface area contributed by atoms with Gasteiger partial charge in [-0.15, -0.1) is 0 Å². The highest BCUT2D eigenvalue weighted by atomic mass is 16.5. The average molecular weight is 311 g/mol. The molecule has 0 saturated heterocycles. The Balaban J connectivity index is 2.09. The molecule has 1 N–H and O–H groups in total. The highest BCUT2D eigenvalue weighted by molar-refractivity contribution is 6.04. The van der Waals surface area contributed by atoms with Crippen LogP contribution < -0.4 is 14.8 Å². The van der Waals surface area contributed by atoms with Gasteiger partial charge in [0.1, 0.15) is 11.5 Å². The molecule has 0 aliphatic rings. The molecule has 0 aromatic heterocycles. The van der Waals surface area contributed by atoms with Crippen molar-refractivity contribution in [2.24, 2.45) is 0 Å². The molecule has 120 valence electrons. The van der Waals surface area contributed by atoms with E-state index in [1.54, 1.807) is 26.5 Å². The maximum absolute atomic E-state index is 12.2. The first-order valence-electron chi connectivity index (χ1n) is 7.32. The number of ether oxygens (including phenoxy) is 2. The Morgan fingerprint density at radius 2 is 1.78 bits per heavy atom. The predicted molar refractivity (Wildman–Crippen MR) is 92.6 cm³/mol. The van der Waals surface area contributed by atoms with Gasteiger partial charge in [0, 0.05) is 23.9 Å². The van der Waals surface area contributed by atoms with E-state index in [0.717, 1.165) is 11.3 Å². The molecule has 0 atom stereocenters. The average Bonchev–Trinajstić information content (AvgIpc) is 2.57. The van der Waals surface area contributed by atoms with Crippen LogP contribution in [0, 0.1) is 13.8 Å². The van der Waals surface area contributed by atoms with Crippen molar-refractivity contribution in [3.63, 3.8) is 0 Å². The van der Waals surface area contributed by atoms with Crippen molar-refractivity contribution in [3.05, 3.63) is 65.4 Å². The van der Waals surface area contributed by atoms with Crippen molar-refractivity contribution < 1.29 is 14.3 Å². The number of nitrogens with one attached hydrogen (secondary N) is 1. The van der Waals surface area contributed by atoms with Gasteiger partial charge in [-0.05, 0) is 43.2 Å². The Morgan fingerprint density at radius 1 is 1.00 bits per heavy atom. The first-order valence-corrected chi connectivity index (χ1v) is 7.32. The molecule has 0 radical (unpaired) electrons. The van der Waals surface area contributed by atoms with Crippen molar-refractivity contribution in [1.29, 1.82) is 0 Å². The summed E-state index contributed by atoms with van der Waals surface area (Å²) in [5.74, 6) is 1.31. The van der Waals surface area contributed by atoms with Crippen molar-refractivity contribution in [2.45, 2.75) is 13.8 Å². The summed E-state index contributed by atoms with van der Waals surface area (Å²) in [6.07, 6.45) is 3.12. The lowest BCUT2D eigenvalue weighted by Gasteiger charge is -2.09. The summed E-state index contributed by atoms with van der Waals surface area (Å²) in [5, 5.41) is 3.06. The van der Waals surface area contributed by atoms with Gasteiger partial charge in [0.15, 0.2) is 5.78 Å². The van der Waals surface area contributed by atoms with Gasteiger partial charge in [0.05, 0.1) is 19.9 Å². The Hall–Kier alpha value is -2.75. The van der Waals surface area contributed by atoms with Crippen molar-refractivity contribution in [3.8, 4) is 11.5 Å². The molecule has 0 heterocycles. The number of methoxy groups -OCH3 is 2. The zero-order chi connectivity index (χ0) is 16.8. The number of aryl methyl sites for hydroxylation is 2. The normalized spacial score (nSPS) is 10.6. The van der Waals surface area contributed by atoms with Gasteiger partial charge in [-0.3, -0.25) is 4.79 Å². The highest BCUT2D eigenvalue weighted by Crippen LogP contribution is 2.28. The summed E-state index contributed by atoms with van der Waals surface area (Å²) in [7, 11) is 3.19. The van der Waals surface area contributed by atoms with E-state index >= 15 is 0 Å². The van der Waals surface area contributed by atoms with Gasteiger partial charge in [0.2, 0.25) is 0 Å². The third-order valence-electron chi connectivity index (χ3n) is 3.67. The fourth-order valence-electron chi connectivity index (χ4n) is 2.12. The lowest BCUT2D eigenvalue weighted by Crippen LogP contribution is -1.98. The number of allylic oxidation sites excluding steroid dienone is 1. The molecule has 0 amide bonds. The second kappa shape index (κ2) is 7.49. The smallest absolute Gasteiger partial charge is 0.187 e. The Labute approximate surface area is 136 Å². The molecule has 0 fully saturated rings. The lowest BCUT2D eigenvalue weighted by molar-refractivity contribution is 0.104. The maximum Gasteiger partial charge on any atom is 0.187 e. The van der Waals surface area contributed by atoms with E-state index < -0.39 is 0 Å². The fourth-order valence-corrected chi connectivity index (χ4v) is 2.12. The number of rotatable bonds is 6. The van der Waals surface area contributed by atoms with E-state index in [2.05, 4.69) is 5.32 Å². The first kappa shape index (κ1) is 16.6. The van der Waals surface area contributed by atoms with E-state index in [0.29, 0.717) is 17.1 Å². The minimum Gasteiger partial charge on any atom is -0.497 e. The molecule has 2 aromatic carbocycles. The monoisotopic (exact) mass is 311 g/mol. The van der Waals surface area contributed by atoms with Gasteiger partial charge in [0.25, 0.3) is 0 Å². The number of ketones is 1. The van der Waals surface area contributed by atoms with E-state index in [4.69, 9.17) is 9.47 Å². The quantitative estimate of drug-likeness (QED) is 0.643. The second-order valence-electron chi connectivity index (χ2n) is 5.21. The van der Waals surface area contributed by atoms with Gasteiger partial charge in [-0.2, -0.15) is 0 Å². The van der Waals surface area contributed by atoms with Gasteiger partial charge in [-0.1, -0.05) is 12.1 Å². The Morgan fingerprint density at radius 3 is 2.43 bits per heavy atom. The molecule has 0 bridgehead atoms. The van der Waals surface area contributed by atoms with Crippen LogP contribution in [0.3, 0.4) is 0 Å². The molecule has 4 heteroatoms. The zero-order valence-electron chi connectivity index (χ0n) is 13.8. The van der Waals surface area contributed by atoms with Crippen LogP contribution in [-0.4, -0.2) is 20.0 Å². The van der Waals surface area contributed by atoms with E-state index in [9.17, 15) is 4.79 Å².